The predicted octanol–water partition coefficient (Wildman–Crippen LogP) is 2.07. The summed E-state index contributed by atoms with van der Waals surface area (Å²) < 4.78 is 26.4. The monoisotopic (exact) mass is 268 g/mol. The zero-order valence-corrected chi connectivity index (χ0v) is 11.0. The minimum atomic E-state index is -0.426. The zero-order valence-electron chi connectivity index (χ0n) is 11.0. The zero-order chi connectivity index (χ0) is 13.8. The number of nitrogens with one attached hydrogen (secondary N) is 1. The molecule has 0 atom stereocenters. The van der Waals surface area contributed by atoms with Crippen LogP contribution in [0.3, 0.4) is 0 Å². The Hall–Kier alpha value is -1.49. The average molecular weight is 268 g/mol. The summed E-state index contributed by atoms with van der Waals surface area (Å²) in [4.78, 5) is 13.0. The van der Waals surface area contributed by atoms with E-state index in [0.717, 1.165) is 38.1 Å². The van der Waals surface area contributed by atoms with Gasteiger partial charge in [-0.25, -0.2) is 8.78 Å². The lowest BCUT2D eigenvalue weighted by Crippen LogP contribution is -2.44. The molecule has 0 bridgehead atoms. The maximum absolute atomic E-state index is 13.4. The predicted molar refractivity (Wildman–Crippen MR) is 68.5 cm³/mol. The minimum absolute atomic E-state index is 0.0922. The van der Waals surface area contributed by atoms with Crippen molar-refractivity contribution in [3.63, 3.8) is 0 Å². The van der Waals surface area contributed by atoms with E-state index in [-0.39, 0.29) is 11.9 Å². The van der Waals surface area contributed by atoms with Gasteiger partial charge in [-0.2, -0.15) is 0 Å². The number of rotatable bonds is 3. The quantitative estimate of drug-likeness (QED) is 0.910. The topological polar surface area (TPSA) is 32.3 Å². The fraction of sp³-hybridized carbons (Fsp3) is 0.500. The number of halogens is 2. The Bertz CT molecular complexity index is 457. The van der Waals surface area contributed by atoms with Crippen LogP contribution in [0.25, 0.3) is 0 Å². The first-order chi connectivity index (χ1) is 9.06. The maximum atomic E-state index is 13.4. The molecule has 0 saturated carbocycles. The lowest BCUT2D eigenvalue weighted by molar-refractivity contribution is -0.129. The molecule has 2 rings (SSSR count). The molecule has 0 aromatic heterocycles. The summed E-state index contributed by atoms with van der Waals surface area (Å²) in [6.45, 7) is 3.32. The number of carbonyl (C=O) groups is 1. The number of carbonyl (C=O) groups excluding carboxylic acids is 1. The molecule has 1 N–H and O–H groups in total. The molecule has 0 aliphatic carbocycles. The summed E-state index contributed by atoms with van der Waals surface area (Å²) in [6.07, 6.45) is 1.69. The summed E-state index contributed by atoms with van der Waals surface area (Å²) >= 11 is 0. The number of piperidine rings is 1. The van der Waals surface area contributed by atoms with Crippen molar-refractivity contribution in [1.82, 2.24) is 10.2 Å². The van der Waals surface area contributed by atoms with Crippen LogP contribution in [0.2, 0.25) is 0 Å². The van der Waals surface area contributed by atoms with Crippen molar-refractivity contribution in [2.75, 3.05) is 13.1 Å². The van der Waals surface area contributed by atoms with Gasteiger partial charge < -0.3 is 10.2 Å². The van der Waals surface area contributed by atoms with Crippen molar-refractivity contribution in [3.8, 4) is 0 Å². The van der Waals surface area contributed by atoms with E-state index in [4.69, 9.17) is 0 Å². The number of amides is 1. The summed E-state index contributed by atoms with van der Waals surface area (Å²) in [5.74, 6) is -0.728. The van der Waals surface area contributed by atoms with E-state index < -0.39 is 11.6 Å². The third-order valence-corrected chi connectivity index (χ3v) is 3.53. The van der Waals surface area contributed by atoms with Crippen LogP contribution in [0.1, 0.15) is 25.3 Å². The van der Waals surface area contributed by atoms with Gasteiger partial charge in [0, 0.05) is 38.2 Å². The molecule has 1 aliphatic heterocycles. The first kappa shape index (κ1) is 13.9. The van der Waals surface area contributed by atoms with Gasteiger partial charge in [-0.15, -0.1) is 0 Å². The van der Waals surface area contributed by atoms with Crippen LogP contribution in [-0.4, -0.2) is 29.9 Å². The fourth-order valence-electron chi connectivity index (χ4n) is 2.33. The second-order valence-electron chi connectivity index (χ2n) is 4.90. The normalized spacial score (nSPS) is 16.7. The third-order valence-electron chi connectivity index (χ3n) is 3.53. The number of hydrogen-bond donors (Lipinski definition) is 1. The maximum Gasteiger partial charge on any atom is 0.219 e. The van der Waals surface area contributed by atoms with Crippen molar-refractivity contribution < 1.29 is 13.6 Å². The summed E-state index contributed by atoms with van der Waals surface area (Å²) in [7, 11) is 0. The van der Waals surface area contributed by atoms with E-state index >= 15 is 0 Å². The highest BCUT2D eigenvalue weighted by Gasteiger charge is 2.20. The molecular weight excluding hydrogens is 250 g/mol. The van der Waals surface area contributed by atoms with E-state index in [2.05, 4.69) is 5.32 Å². The number of likely N-dealkylation sites (tertiary alicyclic amines) is 1. The highest BCUT2D eigenvalue weighted by molar-refractivity contribution is 5.73. The standard InChI is InChI=1S/C14H18F2N2O/c1-10(19)18-6-4-13(5-7-18)17-9-11-8-12(15)2-3-14(11)16/h2-3,8,13,17H,4-7,9H2,1H3. The molecule has 5 heteroatoms. The van der Waals surface area contributed by atoms with Gasteiger partial charge in [-0.3, -0.25) is 4.79 Å². The molecule has 1 aliphatic rings. The van der Waals surface area contributed by atoms with Crippen molar-refractivity contribution >= 4 is 5.91 Å². The molecule has 1 aromatic rings. The van der Waals surface area contributed by atoms with Crippen LogP contribution >= 0.6 is 0 Å². The van der Waals surface area contributed by atoms with Gasteiger partial charge in [0.15, 0.2) is 0 Å². The molecule has 0 radical (unpaired) electrons. The Morgan fingerprint density at radius 3 is 2.68 bits per heavy atom. The SMILES string of the molecule is CC(=O)N1CCC(NCc2cc(F)ccc2F)CC1. The van der Waals surface area contributed by atoms with Gasteiger partial charge in [0.25, 0.3) is 0 Å². The molecule has 1 amide bonds. The number of benzene rings is 1. The van der Waals surface area contributed by atoms with E-state index in [1.165, 1.54) is 6.07 Å². The molecule has 3 nitrogen and oxygen atoms in total. The molecule has 1 heterocycles. The van der Waals surface area contributed by atoms with Crippen LogP contribution in [0.4, 0.5) is 8.78 Å². The van der Waals surface area contributed by atoms with Crippen molar-refractivity contribution in [2.45, 2.75) is 32.4 Å². The second-order valence-corrected chi connectivity index (χ2v) is 4.90. The van der Waals surface area contributed by atoms with Crippen LogP contribution in [0.5, 0.6) is 0 Å². The first-order valence-electron chi connectivity index (χ1n) is 6.49. The van der Waals surface area contributed by atoms with E-state index in [1.807, 2.05) is 0 Å². The molecule has 0 spiro atoms. The van der Waals surface area contributed by atoms with E-state index in [1.54, 1.807) is 11.8 Å². The van der Waals surface area contributed by atoms with Crippen molar-refractivity contribution in [1.29, 1.82) is 0 Å². The number of hydrogen-bond acceptors (Lipinski definition) is 2. The molecule has 104 valence electrons. The highest BCUT2D eigenvalue weighted by atomic mass is 19.1. The van der Waals surface area contributed by atoms with Gasteiger partial charge in [0.1, 0.15) is 11.6 Å². The highest BCUT2D eigenvalue weighted by Crippen LogP contribution is 2.13. The van der Waals surface area contributed by atoms with Crippen molar-refractivity contribution in [2.24, 2.45) is 0 Å². The van der Waals surface area contributed by atoms with Crippen LogP contribution in [-0.2, 0) is 11.3 Å². The summed E-state index contributed by atoms with van der Waals surface area (Å²) in [5, 5.41) is 3.22. The van der Waals surface area contributed by atoms with Gasteiger partial charge in [-0.05, 0) is 31.0 Å². The molecule has 0 unspecified atom stereocenters. The molecule has 1 saturated heterocycles. The van der Waals surface area contributed by atoms with Gasteiger partial charge >= 0.3 is 0 Å². The van der Waals surface area contributed by atoms with E-state index in [9.17, 15) is 13.6 Å². The molecular formula is C14H18F2N2O. The second kappa shape index (κ2) is 6.10. The Morgan fingerprint density at radius 2 is 2.05 bits per heavy atom. The molecule has 1 aromatic carbocycles. The largest absolute Gasteiger partial charge is 0.343 e. The van der Waals surface area contributed by atoms with E-state index in [0.29, 0.717) is 12.1 Å². The molecule has 1 fully saturated rings. The lowest BCUT2D eigenvalue weighted by atomic mass is 10.0. The van der Waals surface area contributed by atoms with Gasteiger partial charge in [0.2, 0.25) is 5.91 Å². The summed E-state index contributed by atoms with van der Waals surface area (Å²) in [6, 6.07) is 3.72. The smallest absolute Gasteiger partial charge is 0.219 e. The summed E-state index contributed by atoms with van der Waals surface area (Å²) in [5.41, 5.74) is 0.342. The van der Waals surface area contributed by atoms with Gasteiger partial charge in [0.05, 0.1) is 0 Å². The van der Waals surface area contributed by atoms with Crippen molar-refractivity contribution in [3.05, 3.63) is 35.4 Å². The van der Waals surface area contributed by atoms with Crippen LogP contribution in [0.15, 0.2) is 18.2 Å². The lowest BCUT2D eigenvalue weighted by Gasteiger charge is -2.31. The molecule has 19 heavy (non-hydrogen) atoms. The Balaban J connectivity index is 1.83. The first-order valence-corrected chi connectivity index (χ1v) is 6.49. The Labute approximate surface area is 111 Å². The average Bonchev–Trinajstić information content (AvgIpc) is 2.40. The Morgan fingerprint density at radius 1 is 1.37 bits per heavy atom. The minimum Gasteiger partial charge on any atom is -0.343 e. The number of nitrogens with zero attached hydrogens (tertiary/aromatic N) is 1. The van der Waals surface area contributed by atoms with Crippen LogP contribution in [0, 0.1) is 11.6 Å². The fourth-order valence-corrected chi connectivity index (χ4v) is 2.33. The van der Waals surface area contributed by atoms with Crippen LogP contribution < -0.4 is 5.32 Å². The third kappa shape index (κ3) is 3.73. The van der Waals surface area contributed by atoms with Gasteiger partial charge in [-0.1, -0.05) is 0 Å². The Kier molecular flexibility index (Phi) is 4.47.